The molecule has 6 heteroatoms. The van der Waals surface area contributed by atoms with Crippen LogP contribution in [0.3, 0.4) is 0 Å². The summed E-state index contributed by atoms with van der Waals surface area (Å²) in [5, 5.41) is 16.2. The number of aryl methyl sites for hydroxylation is 1. The lowest BCUT2D eigenvalue weighted by Gasteiger charge is -2.06. The van der Waals surface area contributed by atoms with E-state index in [0.717, 1.165) is 12.1 Å². The predicted molar refractivity (Wildman–Crippen MR) is 66.6 cm³/mol. The number of carbonyl (C=O) groups is 1. The third-order valence-corrected chi connectivity index (χ3v) is 2.48. The van der Waals surface area contributed by atoms with E-state index in [-0.39, 0.29) is 5.56 Å². The minimum atomic E-state index is -0.983. The van der Waals surface area contributed by atoms with Crippen LogP contribution in [0.5, 0.6) is 0 Å². The summed E-state index contributed by atoms with van der Waals surface area (Å²) < 4.78 is 1.73. The second-order valence-corrected chi connectivity index (χ2v) is 3.86. The first-order valence-electron chi connectivity index (χ1n) is 5.57. The van der Waals surface area contributed by atoms with E-state index in [0.29, 0.717) is 12.4 Å². The molecular weight excluding hydrogens is 232 g/mol. The molecule has 0 fully saturated rings. The zero-order chi connectivity index (χ0) is 13.0. The van der Waals surface area contributed by atoms with Crippen molar-refractivity contribution in [2.45, 2.75) is 6.42 Å². The van der Waals surface area contributed by atoms with Gasteiger partial charge in [-0.05, 0) is 18.2 Å². The molecule has 94 valence electrons. The number of pyridine rings is 1. The van der Waals surface area contributed by atoms with Gasteiger partial charge in [0.2, 0.25) is 0 Å². The molecule has 0 aliphatic rings. The third kappa shape index (κ3) is 2.85. The molecule has 0 unspecified atom stereocenters. The van der Waals surface area contributed by atoms with Crippen LogP contribution in [-0.4, -0.2) is 32.4 Å². The number of hydrogen-bond acceptors (Lipinski definition) is 4. The summed E-state index contributed by atoms with van der Waals surface area (Å²) in [4.78, 5) is 15.0. The summed E-state index contributed by atoms with van der Waals surface area (Å²) in [6.07, 6.45) is 4.16. The van der Waals surface area contributed by atoms with E-state index in [1.54, 1.807) is 16.9 Å². The Morgan fingerprint density at radius 2 is 2.33 bits per heavy atom. The van der Waals surface area contributed by atoms with Crippen LogP contribution < -0.4 is 5.32 Å². The molecule has 0 bridgehead atoms. The van der Waals surface area contributed by atoms with Crippen molar-refractivity contribution in [1.29, 1.82) is 0 Å². The van der Waals surface area contributed by atoms with Crippen LogP contribution in [0.2, 0.25) is 0 Å². The van der Waals surface area contributed by atoms with Gasteiger partial charge in [0.25, 0.3) is 0 Å². The van der Waals surface area contributed by atoms with Crippen molar-refractivity contribution in [3.05, 3.63) is 41.9 Å². The molecule has 0 radical (unpaired) electrons. The zero-order valence-electron chi connectivity index (χ0n) is 10.00. The summed E-state index contributed by atoms with van der Waals surface area (Å²) in [6.45, 7) is 0.592. The van der Waals surface area contributed by atoms with Crippen LogP contribution >= 0.6 is 0 Å². The highest BCUT2D eigenvalue weighted by Gasteiger charge is 2.09. The summed E-state index contributed by atoms with van der Waals surface area (Å²) in [5.74, 6) is -0.593. The van der Waals surface area contributed by atoms with E-state index < -0.39 is 5.97 Å². The quantitative estimate of drug-likeness (QED) is 0.827. The predicted octanol–water partition coefficient (Wildman–Crippen LogP) is 1.17. The number of rotatable bonds is 5. The normalized spacial score (nSPS) is 10.3. The van der Waals surface area contributed by atoms with Crippen molar-refractivity contribution in [1.82, 2.24) is 14.8 Å². The Hall–Kier alpha value is -2.37. The first-order chi connectivity index (χ1) is 8.66. The summed E-state index contributed by atoms with van der Waals surface area (Å²) >= 11 is 0. The molecule has 18 heavy (non-hydrogen) atoms. The summed E-state index contributed by atoms with van der Waals surface area (Å²) in [7, 11) is 1.86. The zero-order valence-corrected chi connectivity index (χ0v) is 10.00. The van der Waals surface area contributed by atoms with Crippen LogP contribution in [0.25, 0.3) is 0 Å². The van der Waals surface area contributed by atoms with Crippen molar-refractivity contribution in [2.24, 2.45) is 7.05 Å². The molecule has 0 aromatic carbocycles. The van der Waals surface area contributed by atoms with Gasteiger partial charge < -0.3 is 10.4 Å². The molecular formula is C12H14N4O2. The number of carboxylic acid groups (broad SMARTS) is 1. The van der Waals surface area contributed by atoms with E-state index in [2.05, 4.69) is 15.4 Å². The molecule has 2 aromatic rings. The molecule has 2 heterocycles. The van der Waals surface area contributed by atoms with Gasteiger partial charge in [-0.25, -0.2) is 9.78 Å². The highest BCUT2D eigenvalue weighted by molar-refractivity contribution is 5.92. The highest BCUT2D eigenvalue weighted by atomic mass is 16.4. The Morgan fingerprint density at radius 1 is 1.50 bits per heavy atom. The van der Waals surface area contributed by atoms with E-state index >= 15 is 0 Å². The van der Waals surface area contributed by atoms with E-state index in [9.17, 15) is 4.79 Å². The number of anilines is 1. The number of aromatic nitrogens is 3. The Labute approximate surface area is 104 Å². The Morgan fingerprint density at radius 3 is 3.00 bits per heavy atom. The maximum atomic E-state index is 11.0. The lowest BCUT2D eigenvalue weighted by atomic mass is 10.2. The fourth-order valence-corrected chi connectivity index (χ4v) is 1.62. The highest BCUT2D eigenvalue weighted by Crippen LogP contribution is 2.11. The molecule has 0 aliphatic carbocycles. The molecule has 6 nitrogen and oxygen atoms in total. The minimum Gasteiger partial charge on any atom is -0.478 e. The maximum Gasteiger partial charge on any atom is 0.339 e. The van der Waals surface area contributed by atoms with Gasteiger partial charge in [0.1, 0.15) is 11.4 Å². The number of nitrogens with one attached hydrogen (secondary N) is 1. The molecule has 0 amide bonds. The topological polar surface area (TPSA) is 80.0 Å². The number of hydrogen-bond donors (Lipinski definition) is 2. The Bertz CT molecular complexity index is 551. The number of nitrogens with zero attached hydrogens (tertiary/aromatic N) is 3. The Kier molecular flexibility index (Phi) is 3.57. The molecule has 0 saturated carbocycles. The first kappa shape index (κ1) is 12.1. The number of carboxylic acids is 1. The van der Waals surface area contributed by atoms with Crippen molar-refractivity contribution >= 4 is 11.8 Å². The average Bonchev–Trinajstić information content (AvgIpc) is 2.75. The van der Waals surface area contributed by atoms with Crippen molar-refractivity contribution in [3.63, 3.8) is 0 Å². The fourth-order valence-electron chi connectivity index (χ4n) is 1.62. The largest absolute Gasteiger partial charge is 0.478 e. The van der Waals surface area contributed by atoms with Crippen LogP contribution in [0.4, 0.5) is 5.82 Å². The average molecular weight is 246 g/mol. The van der Waals surface area contributed by atoms with Gasteiger partial charge in [0.05, 0.1) is 5.69 Å². The summed E-state index contributed by atoms with van der Waals surface area (Å²) in [6, 6.07) is 5.06. The minimum absolute atomic E-state index is 0.179. The molecule has 0 atom stereocenters. The smallest absolute Gasteiger partial charge is 0.339 e. The van der Waals surface area contributed by atoms with E-state index in [1.807, 2.05) is 19.3 Å². The van der Waals surface area contributed by atoms with Gasteiger partial charge in [-0.1, -0.05) is 0 Å². The van der Waals surface area contributed by atoms with Gasteiger partial charge in [-0.2, -0.15) is 5.10 Å². The van der Waals surface area contributed by atoms with Gasteiger partial charge in [-0.15, -0.1) is 0 Å². The van der Waals surface area contributed by atoms with Crippen LogP contribution in [-0.2, 0) is 13.5 Å². The monoisotopic (exact) mass is 246 g/mol. The van der Waals surface area contributed by atoms with Gasteiger partial charge in [0, 0.05) is 32.4 Å². The lowest BCUT2D eigenvalue weighted by molar-refractivity contribution is 0.0697. The van der Waals surface area contributed by atoms with E-state index in [4.69, 9.17) is 5.11 Å². The van der Waals surface area contributed by atoms with Gasteiger partial charge in [0.15, 0.2) is 0 Å². The van der Waals surface area contributed by atoms with Crippen LogP contribution in [0.15, 0.2) is 30.6 Å². The van der Waals surface area contributed by atoms with Crippen LogP contribution in [0.1, 0.15) is 16.1 Å². The summed E-state index contributed by atoms with van der Waals surface area (Å²) in [5.41, 5.74) is 1.14. The number of aromatic carboxylic acids is 1. The SMILES string of the molecule is Cn1ccc(CCNc2ncccc2C(=O)O)n1. The third-order valence-electron chi connectivity index (χ3n) is 2.48. The van der Waals surface area contributed by atoms with Crippen LogP contribution in [0, 0.1) is 0 Å². The fraction of sp³-hybridized carbons (Fsp3) is 0.250. The molecule has 2 rings (SSSR count). The molecule has 2 aromatic heterocycles. The lowest BCUT2D eigenvalue weighted by Crippen LogP contribution is -2.11. The van der Waals surface area contributed by atoms with Gasteiger partial charge in [-0.3, -0.25) is 4.68 Å². The second kappa shape index (κ2) is 5.31. The maximum absolute atomic E-state index is 11.0. The van der Waals surface area contributed by atoms with Crippen molar-refractivity contribution in [3.8, 4) is 0 Å². The van der Waals surface area contributed by atoms with Gasteiger partial charge >= 0.3 is 5.97 Å². The molecule has 0 spiro atoms. The second-order valence-electron chi connectivity index (χ2n) is 3.86. The standard InChI is InChI=1S/C12H14N4O2/c1-16-8-5-9(15-16)4-7-14-11-10(12(17)18)3-2-6-13-11/h2-3,5-6,8H,4,7H2,1H3,(H,13,14)(H,17,18). The van der Waals surface area contributed by atoms with Crippen molar-refractivity contribution < 1.29 is 9.90 Å². The molecule has 2 N–H and O–H groups in total. The molecule has 0 saturated heterocycles. The van der Waals surface area contributed by atoms with Crippen molar-refractivity contribution in [2.75, 3.05) is 11.9 Å². The van der Waals surface area contributed by atoms with E-state index in [1.165, 1.54) is 6.07 Å². The molecule has 0 aliphatic heterocycles. The first-order valence-corrected chi connectivity index (χ1v) is 5.57. The Balaban J connectivity index is 1.96.